The predicted octanol–water partition coefficient (Wildman–Crippen LogP) is -4.10. The van der Waals surface area contributed by atoms with Gasteiger partial charge in [0.2, 0.25) is 35.4 Å². The summed E-state index contributed by atoms with van der Waals surface area (Å²) in [5.74, 6) is -9.11. The summed E-state index contributed by atoms with van der Waals surface area (Å²) in [7, 11) is 0. The van der Waals surface area contributed by atoms with Gasteiger partial charge in [-0.15, -0.1) is 0 Å². The van der Waals surface area contributed by atoms with Gasteiger partial charge in [-0.05, 0) is 51.4 Å². The molecule has 0 bridgehead atoms. The number of carbonyl (C=O) groups excluding carboxylic acids is 6. The summed E-state index contributed by atoms with van der Waals surface area (Å²) in [5, 5.41) is 39.4. The molecule has 0 unspecified atom stereocenters. The van der Waals surface area contributed by atoms with Gasteiger partial charge in [0, 0.05) is 19.5 Å². The van der Waals surface area contributed by atoms with Crippen LogP contribution in [0.3, 0.4) is 0 Å². The first-order chi connectivity index (χ1) is 24.7. The molecule has 6 amide bonds. The van der Waals surface area contributed by atoms with Gasteiger partial charge in [0.25, 0.3) is 0 Å². The fourth-order valence-corrected chi connectivity index (χ4v) is 5.28. The topological polar surface area (TPSA) is 368 Å². The molecule has 6 atom stereocenters. The number of amides is 6. The molecule has 1 aliphatic heterocycles. The van der Waals surface area contributed by atoms with Crippen LogP contribution in [0.1, 0.15) is 72.1 Å². The highest BCUT2D eigenvalue weighted by Crippen LogP contribution is 2.19. The molecule has 0 saturated carbocycles. The van der Waals surface area contributed by atoms with E-state index in [-0.39, 0.29) is 50.7 Å². The van der Waals surface area contributed by atoms with E-state index in [9.17, 15) is 48.3 Å². The van der Waals surface area contributed by atoms with Gasteiger partial charge in [-0.2, -0.15) is 0 Å². The third kappa shape index (κ3) is 17.0. The average molecular weight is 757 g/mol. The van der Waals surface area contributed by atoms with Crippen molar-refractivity contribution >= 4 is 59.3 Å². The Kier molecular flexibility index (Phi) is 19.2. The molecule has 1 aliphatic rings. The van der Waals surface area contributed by atoms with Gasteiger partial charge < -0.3 is 64.0 Å². The number of nitrogens with zero attached hydrogens (tertiary/aromatic N) is 2. The Labute approximate surface area is 305 Å². The van der Waals surface area contributed by atoms with Crippen molar-refractivity contribution in [3.05, 3.63) is 0 Å². The van der Waals surface area contributed by atoms with Crippen LogP contribution >= 0.6 is 0 Å². The molecule has 0 aromatic rings. The molecule has 14 N–H and O–H groups in total. The standard InChI is InChI=1S/C31H52N10O12/c1-15(2)12-20(27(49)38-18(6-4-10-35-31(33)34)26(48)39-19(30(52)53)8-9-23(43)44)40-25(47)16(3)37-22(42)14-36-28(50)21-7-5-11-41(21)29(51)17(32)13-24(45)46/h15-21H,4-14,32H2,1-3H3,(H,36,50)(H,37,42)(H,38,49)(H,39,48)(H,40,47)(H,43,44)(H,45,46)(H,52,53)(H4,33,34,35)/t16-,17-,18-,19-,20-,21-/m0/s1. The zero-order valence-corrected chi connectivity index (χ0v) is 30.0. The molecule has 1 fully saturated rings. The largest absolute Gasteiger partial charge is 0.481 e. The van der Waals surface area contributed by atoms with E-state index in [4.69, 9.17) is 27.4 Å². The van der Waals surface area contributed by atoms with Crippen LogP contribution in [0.25, 0.3) is 0 Å². The van der Waals surface area contributed by atoms with Crippen molar-refractivity contribution in [3.63, 3.8) is 0 Å². The number of guanidine groups is 1. The van der Waals surface area contributed by atoms with Crippen molar-refractivity contribution < 1.29 is 58.5 Å². The molecular formula is C31H52N10O12. The molecule has 0 aliphatic carbocycles. The predicted molar refractivity (Wildman–Crippen MR) is 185 cm³/mol. The average Bonchev–Trinajstić information content (AvgIpc) is 3.55. The molecule has 0 aromatic carbocycles. The number of hydrogen-bond acceptors (Lipinski definition) is 11. The van der Waals surface area contributed by atoms with Crippen LogP contribution in [0.5, 0.6) is 0 Å². The Hall–Kier alpha value is -5.54. The van der Waals surface area contributed by atoms with Crippen LogP contribution in [0.15, 0.2) is 4.99 Å². The first-order valence-electron chi connectivity index (χ1n) is 17.0. The van der Waals surface area contributed by atoms with Crippen molar-refractivity contribution in [3.8, 4) is 0 Å². The van der Waals surface area contributed by atoms with Crippen LogP contribution in [-0.4, -0.2) is 135 Å². The van der Waals surface area contributed by atoms with E-state index in [1.807, 2.05) is 0 Å². The van der Waals surface area contributed by atoms with Gasteiger partial charge in [0.15, 0.2) is 5.96 Å². The molecule has 22 heteroatoms. The lowest BCUT2D eigenvalue weighted by molar-refractivity contribution is -0.144. The van der Waals surface area contributed by atoms with Crippen LogP contribution in [0.4, 0.5) is 0 Å². The number of aliphatic carboxylic acids is 3. The van der Waals surface area contributed by atoms with Gasteiger partial charge >= 0.3 is 17.9 Å². The first kappa shape index (κ1) is 45.5. The highest BCUT2D eigenvalue weighted by Gasteiger charge is 2.37. The lowest BCUT2D eigenvalue weighted by Gasteiger charge is -2.26. The molecule has 0 radical (unpaired) electrons. The van der Waals surface area contributed by atoms with Crippen molar-refractivity contribution in [1.82, 2.24) is 31.5 Å². The molecule has 1 saturated heterocycles. The highest BCUT2D eigenvalue weighted by atomic mass is 16.4. The van der Waals surface area contributed by atoms with E-state index in [0.29, 0.717) is 6.42 Å². The lowest BCUT2D eigenvalue weighted by atomic mass is 10.0. The maximum atomic E-state index is 13.5. The summed E-state index contributed by atoms with van der Waals surface area (Å²) in [6, 6.07) is -7.67. The Balaban J connectivity index is 2.93. The molecule has 1 heterocycles. The van der Waals surface area contributed by atoms with Crippen LogP contribution in [0, 0.1) is 5.92 Å². The molecule has 0 aromatic heterocycles. The lowest BCUT2D eigenvalue weighted by Crippen LogP contribution is -2.58. The van der Waals surface area contributed by atoms with E-state index in [1.165, 1.54) is 11.8 Å². The van der Waals surface area contributed by atoms with Gasteiger partial charge in [-0.1, -0.05) is 13.8 Å². The number of aliphatic imine (C=N–C) groups is 1. The van der Waals surface area contributed by atoms with Gasteiger partial charge in [0.1, 0.15) is 30.2 Å². The van der Waals surface area contributed by atoms with Gasteiger partial charge in [0.05, 0.1) is 19.0 Å². The normalized spacial score (nSPS) is 16.5. The van der Waals surface area contributed by atoms with Gasteiger partial charge in [-0.3, -0.25) is 43.3 Å². The SMILES string of the molecule is CC(C)C[C@H](NC(=O)[C@H](C)NC(=O)CNC(=O)[C@@H]1CCCN1C(=O)[C@@H](N)CC(=O)O)C(=O)N[C@@H](CCCN=C(N)N)C(=O)N[C@@H](CCC(=O)O)C(=O)O. The highest BCUT2D eigenvalue weighted by molar-refractivity contribution is 5.96. The number of carbonyl (C=O) groups is 9. The summed E-state index contributed by atoms with van der Waals surface area (Å²) in [5.41, 5.74) is 16.3. The van der Waals surface area contributed by atoms with Crippen molar-refractivity contribution in [2.24, 2.45) is 28.1 Å². The zero-order chi connectivity index (χ0) is 40.4. The second-order valence-corrected chi connectivity index (χ2v) is 12.9. The third-order valence-electron chi connectivity index (χ3n) is 7.92. The van der Waals surface area contributed by atoms with Crippen molar-refractivity contribution in [2.75, 3.05) is 19.6 Å². The Morgan fingerprint density at radius 2 is 1.42 bits per heavy atom. The fourth-order valence-electron chi connectivity index (χ4n) is 5.28. The van der Waals surface area contributed by atoms with Crippen LogP contribution < -0.4 is 43.8 Å². The van der Waals surface area contributed by atoms with Crippen molar-refractivity contribution in [2.45, 2.75) is 108 Å². The number of rotatable bonds is 23. The molecule has 53 heavy (non-hydrogen) atoms. The summed E-state index contributed by atoms with van der Waals surface area (Å²) in [6.45, 7) is 4.51. The monoisotopic (exact) mass is 756 g/mol. The second kappa shape index (κ2) is 22.4. The van der Waals surface area contributed by atoms with Crippen LogP contribution in [0.2, 0.25) is 0 Å². The van der Waals surface area contributed by atoms with E-state index < -0.39 is 115 Å². The quantitative estimate of drug-likeness (QED) is 0.0268. The second-order valence-electron chi connectivity index (χ2n) is 12.9. The summed E-state index contributed by atoms with van der Waals surface area (Å²) >= 11 is 0. The maximum Gasteiger partial charge on any atom is 0.326 e. The minimum Gasteiger partial charge on any atom is -0.481 e. The Morgan fingerprint density at radius 3 is 1.98 bits per heavy atom. The minimum atomic E-state index is -1.57. The van der Waals surface area contributed by atoms with E-state index >= 15 is 0 Å². The molecule has 298 valence electrons. The maximum absolute atomic E-state index is 13.5. The number of carboxylic acid groups (broad SMARTS) is 3. The Morgan fingerprint density at radius 1 is 0.811 bits per heavy atom. The summed E-state index contributed by atoms with van der Waals surface area (Å²) in [4.78, 5) is 116. The molecule has 1 rings (SSSR count). The molecule has 0 spiro atoms. The summed E-state index contributed by atoms with van der Waals surface area (Å²) in [6.07, 6.45) is -0.692. The minimum absolute atomic E-state index is 0.0607. The zero-order valence-electron chi connectivity index (χ0n) is 30.0. The van der Waals surface area contributed by atoms with Crippen LogP contribution in [-0.2, 0) is 43.2 Å². The first-order valence-corrected chi connectivity index (χ1v) is 17.0. The fraction of sp³-hybridized carbons (Fsp3) is 0.677. The number of carboxylic acids is 3. The number of likely N-dealkylation sites (tertiary alicyclic amines) is 1. The van der Waals surface area contributed by atoms with E-state index in [2.05, 4.69) is 31.6 Å². The van der Waals surface area contributed by atoms with Gasteiger partial charge in [-0.25, -0.2) is 4.79 Å². The molecular weight excluding hydrogens is 704 g/mol. The third-order valence-corrected chi connectivity index (χ3v) is 7.92. The summed E-state index contributed by atoms with van der Waals surface area (Å²) < 4.78 is 0. The molecule has 22 nitrogen and oxygen atoms in total. The van der Waals surface area contributed by atoms with E-state index in [0.717, 1.165) is 0 Å². The number of hydrogen-bond donors (Lipinski definition) is 11. The number of nitrogens with one attached hydrogen (secondary N) is 5. The van der Waals surface area contributed by atoms with Crippen molar-refractivity contribution in [1.29, 1.82) is 0 Å². The number of nitrogens with two attached hydrogens (primary N) is 3. The smallest absolute Gasteiger partial charge is 0.326 e. The van der Waals surface area contributed by atoms with E-state index in [1.54, 1.807) is 13.8 Å². The Bertz CT molecular complexity index is 1390.